The highest BCUT2D eigenvalue weighted by molar-refractivity contribution is 7.86. The van der Waals surface area contributed by atoms with Gasteiger partial charge in [-0.3, -0.25) is 9.04 Å². The molecule has 112 valence electrons. The molecule has 7 heteroatoms. The average Bonchev–Trinajstić information content (AvgIpc) is 2.25. The van der Waals surface area contributed by atoms with Gasteiger partial charge in [-0.25, -0.2) is 4.79 Å². The van der Waals surface area contributed by atoms with Crippen LogP contribution in [0.2, 0.25) is 0 Å². The van der Waals surface area contributed by atoms with Crippen molar-refractivity contribution < 1.29 is 22.2 Å². The van der Waals surface area contributed by atoms with Gasteiger partial charge in [-0.2, -0.15) is 8.42 Å². The Balaban J connectivity index is 4.72. The second-order valence-electron chi connectivity index (χ2n) is 5.35. The molecule has 0 spiro atoms. The zero-order valence-electron chi connectivity index (χ0n) is 11.9. The second-order valence-corrected chi connectivity index (χ2v) is 7.05. The Hall–Kier alpha value is -0.760. The third-order valence-electron chi connectivity index (χ3n) is 3.08. The van der Waals surface area contributed by atoms with Crippen LogP contribution in [-0.2, 0) is 14.9 Å². The van der Waals surface area contributed by atoms with Crippen molar-refractivity contribution in [3.63, 3.8) is 0 Å². The van der Waals surface area contributed by atoms with Gasteiger partial charge in [0.15, 0.2) is 0 Å². The Kier molecular flexibility index (Phi) is 6.85. The predicted octanol–water partition coefficient (Wildman–Crippen LogP) is 0.551. The van der Waals surface area contributed by atoms with E-state index in [9.17, 15) is 17.8 Å². The van der Waals surface area contributed by atoms with Crippen molar-refractivity contribution >= 4 is 16.0 Å². The first-order valence-electron chi connectivity index (χ1n) is 6.22. The van der Waals surface area contributed by atoms with Crippen LogP contribution in [0, 0.1) is 0 Å². The third-order valence-corrected chi connectivity index (χ3v) is 4.39. The Bertz CT molecular complexity index is 429. The van der Waals surface area contributed by atoms with Gasteiger partial charge in [-0.05, 0) is 26.3 Å². The quantitative estimate of drug-likeness (QED) is 0.387. The van der Waals surface area contributed by atoms with Gasteiger partial charge < -0.3 is 5.73 Å². The molecule has 0 radical (unpaired) electrons. The summed E-state index contributed by atoms with van der Waals surface area (Å²) in [6, 6.07) is 0. The van der Waals surface area contributed by atoms with Gasteiger partial charge in [0, 0.05) is 12.0 Å². The maximum absolute atomic E-state index is 11.9. The summed E-state index contributed by atoms with van der Waals surface area (Å²) in [5.74, 6) is -0.145. The number of carbonyl (C=O) groups is 1. The molecule has 3 N–H and O–H groups in total. The number of nitrogens with two attached hydrogens (primary N) is 1. The highest BCUT2D eigenvalue weighted by atomic mass is 32.2. The van der Waals surface area contributed by atoms with Crippen LogP contribution in [0.1, 0.15) is 26.2 Å². The van der Waals surface area contributed by atoms with Crippen LogP contribution in [0.4, 0.5) is 0 Å². The molecular formula is C12H25N2O4S+. The van der Waals surface area contributed by atoms with E-state index in [4.69, 9.17) is 5.73 Å². The molecule has 0 aliphatic rings. The second kappa shape index (κ2) is 7.14. The molecule has 0 heterocycles. The minimum atomic E-state index is -4.10. The average molecular weight is 293 g/mol. The number of amides is 1. The molecule has 0 saturated heterocycles. The number of likely N-dealkylation sites (N-methyl/N-ethyl adjacent to an activating group) is 1. The Labute approximate surface area is 115 Å². The highest BCUT2D eigenvalue weighted by Crippen LogP contribution is 2.15. The number of hydrogen-bond acceptors (Lipinski definition) is 4. The fourth-order valence-corrected chi connectivity index (χ4v) is 2.74. The van der Waals surface area contributed by atoms with Crippen LogP contribution in [0.25, 0.3) is 0 Å². The van der Waals surface area contributed by atoms with Gasteiger partial charge in [0.05, 0.1) is 25.9 Å². The van der Waals surface area contributed by atoms with Crippen molar-refractivity contribution in [3.8, 4) is 0 Å². The zero-order valence-corrected chi connectivity index (χ0v) is 12.7. The summed E-state index contributed by atoms with van der Waals surface area (Å²) < 4.78 is 31.7. The zero-order chi connectivity index (χ0) is 15.3. The van der Waals surface area contributed by atoms with Crippen molar-refractivity contribution in [2.75, 3.05) is 27.2 Å². The van der Waals surface area contributed by atoms with Gasteiger partial charge in [-0.15, -0.1) is 0 Å². The number of nitrogens with zero attached hydrogens (tertiary/aromatic N) is 1. The van der Waals surface area contributed by atoms with Gasteiger partial charge in [-0.1, -0.05) is 6.58 Å². The first-order chi connectivity index (χ1) is 8.52. The smallest absolute Gasteiger partial charge is 0.330 e. The van der Waals surface area contributed by atoms with Gasteiger partial charge in [0.2, 0.25) is 0 Å². The van der Waals surface area contributed by atoms with Crippen molar-refractivity contribution in [2.24, 2.45) is 5.73 Å². The molecule has 0 aliphatic heterocycles. The van der Waals surface area contributed by atoms with Crippen LogP contribution in [0.3, 0.4) is 0 Å². The number of rotatable bonds is 8. The van der Waals surface area contributed by atoms with Gasteiger partial charge in [0.1, 0.15) is 0 Å². The summed E-state index contributed by atoms with van der Waals surface area (Å²) in [5, 5.41) is -0.869. The molecule has 1 unspecified atom stereocenters. The number of hydrogen-bond donors (Lipinski definition) is 2. The summed E-state index contributed by atoms with van der Waals surface area (Å²) in [6.45, 7) is 5.91. The lowest BCUT2D eigenvalue weighted by Gasteiger charge is -2.28. The molecular weight excluding hydrogens is 268 g/mol. The van der Waals surface area contributed by atoms with E-state index < -0.39 is 15.4 Å². The standard InChI is InChI=1S/C12H24N2O4S/c1-10(2)12(15)14(3,4)9-7-11(6-5-8-13)19(16,17)18/h11H,1,5-9,13H2,2-4H3/p+1. The molecule has 1 atom stereocenters. The van der Waals surface area contributed by atoms with Gasteiger partial charge >= 0.3 is 5.91 Å². The monoisotopic (exact) mass is 293 g/mol. The lowest BCUT2D eigenvalue weighted by atomic mass is 10.1. The van der Waals surface area contributed by atoms with E-state index >= 15 is 0 Å². The Morgan fingerprint density at radius 3 is 2.26 bits per heavy atom. The van der Waals surface area contributed by atoms with E-state index in [0.29, 0.717) is 31.5 Å². The molecule has 1 amide bonds. The fourth-order valence-electron chi connectivity index (χ4n) is 1.87. The lowest BCUT2D eigenvalue weighted by molar-refractivity contribution is -0.811. The predicted molar refractivity (Wildman–Crippen MR) is 75.0 cm³/mol. The molecule has 6 nitrogen and oxygen atoms in total. The largest absolute Gasteiger partial charge is 0.340 e. The Morgan fingerprint density at radius 1 is 1.37 bits per heavy atom. The summed E-state index contributed by atoms with van der Waals surface area (Å²) >= 11 is 0. The molecule has 0 saturated carbocycles. The van der Waals surface area contributed by atoms with Crippen LogP contribution in [0.5, 0.6) is 0 Å². The fraction of sp³-hybridized carbons (Fsp3) is 0.750. The molecule has 0 bridgehead atoms. The third kappa shape index (κ3) is 6.29. The van der Waals surface area contributed by atoms with Gasteiger partial charge in [0.25, 0.3) is 10.1 Å². The van der Waals surface area contributed by atoms with E-state index in [0.717, 1.165) is 0 Å². The SMILES string of the molecule is C=C(C)C(=O)[N+](C)(C)CCC(CCCN)S(=O)(=O)O. The van der Waals surface area contributed by atoms with E-state index in [2.05, 4.69) is 6.58 Å². The van der Waals surface area contributed by atoms with E-state index in [1.165, 1.54) is 0 Å². The Morgan fingerprint density at radius 2 is 1.89 bits per heavy atom. The summed E-state index contributed by atoms with van der Waals surface area (Å²) in [5.41, 5.74) is 5.77. The molecule has 0 fully saturated rings. The molecule has 0 aromatic rings. The minimum Gasteiger partial charge on any atom is -0.330 e. The number of quaternary nitrogens is 1. The highest BCUT2D eigenvalue weighted by Gasteiger charge is 2.31. The molecule has 0 aromatic carbocycles. The molecule has 0 aromatic heterocycles. The maximum atomic E-state index is 11.9. The maximum Gasteiger partial charge on any atom is 0.340 e. The summed E-state index contributed by atoms with van der Waals surface area (Å²) in [6.07, 6.45) is 1.04. The molecule has 0 aliphatic carbocycles. The normalized spacial score (nSPS) is 14.2. The number of carbonyl (C=O) groups excluding carboxylic acids is 1. The first-order valence-corrected chi connectivity index (χ1v) is 7.72. The molecule has 19 heavy (non-hydrogen) atoms. The van der Waals surface area contributed by atoms with E-state index in [1.807, 2.05) is 0 Å². The van der Waals surface area contributed by atoms with Crippen LogP contribution < -0.4 is 5.73 Å². The summed E-state index contributed by atoms with van der Waals surface area (Å²) in [4.78, 5) is 11.9. The summed E-state index contributed by atoms with van der Waals surface area (Å²) in [7, 11) is -0.714. The topological polar surface area (TPSA) is 97.5 Å². The first kappa shape index (κ1) is 18.2. The lowest BCUT2D eigenvalue weighted by Crippen LogP contribution is -2.47. The van der Waals surface area contributed by atoms with Crippen molar-refractivity contribution in [3.05, 3.63) is 12.2 Å². The minimum absolute atomic E-state index is 0.0178. The molecule has 0 rings (SSSR count). The van der Waals surface area contributed by atoms with Crippen molar-refractivity contribution in [1.29, 1.82) is 0 Å². The van der Waals surface area contributed by atoms with Crippen LogP contribution >= 0.6 is 0 Å². The van der Waals surface area contributed by atoms with Crippen LogP contribution in [-0.4, -0.2) is 55.8 Å². The van der Waals surface area contributed by atoms with E-state index in [1.54, 1.807) is 21.0 Å². The van der Waals surface area contributed by atoms with E-state index in [-0.39, 0.29) is 16.8 Å². The van der Waals surface area contributed by atoms with Crippen molar-refractivity contribution in [2.45, 2.75) is 31.4 Å². The van der Waals surface area contributed by atoms with Crippen molar-refractivity contribution in [1.82, 2.24) is 0 Å². The van der Waals surface area contributed by atoms with Crippen LogP contribution in [0.15, 0.2) is 12.2 Å².